The molecule has 1 atom stereocenters. The number of aryl methyl sites for hydroxylation is 1. The molecule has 0 bridgehead atoms. The fraction of sp³-hybridized carbons (Fsp3) is 0.412. The van der Waals surface area contributed by atoms with Crippen LogP contribution in [0.2, 0.25) is 0 Å². The smallest absolute Gasteiger partial charge is 0.146 e. The van der Waals surface area contributed by atoms with Crippen LogP contribution in [0.15, 0.2) is 22.9 Å². The van der Waals surface area contributed by atoms with E-state index in [9.17, 15) is 0 Å². The van der Waals surface area contributed by atoms with Gasteiger partial charge in [0.25, 0.3) is 0 Å². The standard InChI is InChI=1S/C17H19BrN4OS/c1-10-7-12(18)8-13-15(10)23-11(2)14-16(21-13)19-9-20-17(14)22-3-5-24-6-4-22/h7-9,11H,3-6H2,1-2H3,(H,19,20,21). The van der Waals surface area contributed by atoms with Gasteiger partial charge in [-0.2, -0.15) is 11.8 Å². The number of hydrogen-bond acceptors (Lipinski definition) is 6. The lowest BCUT2D eigenvalue weighted by Crippen LogP contribution is -2.34. The summed E-state index contributed by atoms with van der Waals surface area (Å²) in [6.45, 7) is 6.15. The van der Waals surface area contributed by atoms with E-state index in [1.165, 1.54) is 0 Å². The number of halogens is 1. The van der Waals surface area contributed by atoms with Crippen molar-refractivity contribution in [1.29, 1.82) is 0 Å². The van der Waals surface area contributed by atoms with E-state index in [0.717, 1.165) is 63.3 Å². The van der Waals surface area contributed by atoms with E-state index in [0.29, 0.717) is 0 Å². The van der Waals surface area contributed by atoms with Crippen LogP contribution in [0.4, 0.5) is 17.3 Å². The third-order valence-electron chi connectivity index (χ3n) is 4.37. The van der Waals surface area contributed by atoms with Crippen LogP contribution in [0, 0.1) is 6.92 Å². The first-order valence-electron chi connectivity index (χ1n) is 8.05. The predicted molar refractivity (Wildman–Crippen MR) is 103 cm³/mol. The summed E-state index contributed by atoms with van der Waals surface area (Å²) in [6, 6.07) is 4.10. The minimum Gasteiger partial charge on any atom is -0.483 e. The van der Waals surface area contributed by atoms with Crippen molar-refractivity contribution in [2.45, 2.75) is 20.0 Å². The van der Waals surface area contributed by atoms with Crippen LogP contribution >= 0.6 is 27.7 Å². The Labute approximate surface area is 154 Å². The van der Waals surface area contributed by atoms with Crippen molar-refractivity contribution in [3.63, 3.8) is 0 Å². The Balaban J connectivity index is 1.80. The first-order chi connectivity index (χ1) is 11.6. The maximum absolute atomic E-state index is 6.31. The summed E-state index contributed by atoms with van der Waals surface area (Å²) in [5, 5.41) is 3.46. The first kappa shape index (κ1) is 16.0. The molecule has 3 heterocycles. The lowest BCUT2D eigenvalue weighted by Gasteiger charge is -2.30. The van der Waals surface area contributed by atoms with Crippen molar-refractivity contribution in [2.75, 3.05) is 34.8 Å². The Hall–Kier alpha value is -1.47. The highest BCUT2D eigenvalue weighted by Gasteiger charge is 2.28. The molecule has 5 nitrogen and oxygen atoms in total. The molecule has 2 aliphatic heterocycles. The zero-order valence-corrected chi connectivity index (χ0v) is 16.1. The Morgan fingerprint density at radius 1 is 1.29 bits per heavy atom. The number of hydrogen-bond donors (Lipinski definition) is 1. The lowest BCUT2D eigenvalue weighted by atomic mass is 10.1. The van der Waals surface area contributed by atoms with Gasteiger partial charge in [0, 0.05) is 29.1 Å². The Kier molecular flexibility index (Phi) is 4.30. The summed E-state index contributed by atoms with van der Waals surface area (Å²) < 4.78 is 7.33. The number of anilines is 3. The molecule has 1 saturated heterocycles. The minimum atomic E-state index is -0.112. The van der Waals surface area contributed by atoms with E-state index >= 15 is 0 Å². The van der Waals surface area contributed by atoms with Crippen molar-refractivity contribution in [2.24, 2.45) is 0 Å². The SMILES string of the molecule is Cc1cc(Br)cc2c1OC(C)c1c(ncnc1N1CCSCC1)N2. The molecular formula is C17H19BrN4OS. The van der Waals surface area contributed by atoms with Gasteiger partial charge in [0.1, 0.15) is 29.8 Å². The Morgan fingerprint density at radius 2 is 2.08 bits per heavy atom. The van der Waals surface area contributed by atoms with Crippen molar-refractivity contribution < 1.29 is 4.74 Å². The topological polar surface area (TPSA) is 50.3 Å². The second-order valence-corrected chi connectivity index (χ2v) is 8.18. The average Bonchev–Trinajstić information content (AvgIpc) is 2.72. The van der Waals surface area contributed by atoms with Gasteiger partial charge in [-0.1, -0.05) is 15.9 Å². The highest BCUT2D eigenvalue weighted by Crippen LogP contribution is 2.43. The number of rotatable bonds is 1. The van der Waals surface area contributed by atoms with Crippen molar-refractivity contribution >= 4 is 45.0 Å². The second kappa shape index (κ2) is 6.44. The molecule has 0 aliphatic carbocycles. The number of nitrogens with zero attached hydrogens (tertiary/aromatic N) is 3. The summed E-state index contributed by atoms with van der Waals surface area (Å²) in [4.78, 5) is 11.4. The monoisotopic (exact) mass is 406 g/mol. The van der Waals surface area contributed by atoms with Crippen molar-refractivity contribution in [1.82, 2.24) is 9.97 Å². The van der Waals surface area contributed by atoms with E-state index < -0.39 is 0 Å². The van der Waals surface area contributed by atoms with Gasteiger partial charge >= 0.3 is 0 Å². The quantitative estimate of drug-likeness (QED) is 0.761. The zero-order valence-electron chi connectivity index (χ0n) is 13.7. The molecule has 24 heavy (non-hydrogen) atoms. The summed E-state index contributed by atoms with van der Waals surface area (Å²) in [5.41, 5.74) is 3.07. The van der Waals surface area contributed by atoms with Crippen LogP contribution in [0.5, 0.6) is 5.75 Å². The summed E-state index contributed by atoms with van der Waals surface area (Å²) in [7, 11) is 0. The van der Waals surface area contributed by atoms with Crippen molar-refractivity contribution in [3.05, 3.63) is 34.1 Å². The molecule has 1 aromatic carbocycles. The fourth-order valence-corrected chi connectivity index (χ4v) is 4.71. The van der Waals surface area contributed by atoms with E-state index in [-0.39, 0.29) is 6.10 Å². The molecule has 1 fully saturated rings. The van der Waals surface area contributed by atoms with Crippen LogP contribution < -0.4 is 15.0 Å². The molecule has 7 heteroatoms. The lowest BCUT2D eigenvalue weighted by molar-refractivity contribution is 0.229. The third-order valence-corrected chi connectivity index (χ3v) is 5.77. The number of aromatic nitrogens is 2. The molecule has 0 spiro atoms. The Bertz CT molecular complexity index is 779. The van der Waals surface area contributed by atoms with Crippen LogP contribution in [-0.2, 0) is 0 Å². The van der Waals surface area contributed by atoms with E-state index in [2.05, 4.69) is 56.0 Å². The van der Waals surface area contributed by atoms with E-state index in [1.54, 1.807) is 6.33 Å². The molecule has 0 amide bonds. The highest BCUT2D eigenvalue weighted by molar-refractivity contribution is 9.10. The normalized spacial score (nSPS) is 19.6. The van der Waals surface area contributed by atoms with Gasteiger partial charge in [0.15, 0.2) is 0 Å². The minimum absolute atomic E-state index is 0.112. The first-order valence-corrected chi connectivity index (χ1v) is 9.99. The molecule has 0 saturated carbocycles. The maximum atomic E-state index is 6.31. The molecule has 4 rings (SSSR count). The average molecular weight is 407 g/mol. The largest absolute Gasteiger partial charge is 0.483 e. The van der Waals surface area contributed by atoms with Crippen LogP contribution in [-0.4, -0.2) is 34.6 Å². The second-order valence-electron chi connectivity index (χ2n) is 6.04. The molecule has 2 aromatic rings. The van der Waals surface area contributed by atoms with Crippen molar-refractivity contribution in [3.8, 4) is 5.75 Å². The van der Waals surface area contributed by atoms with Crippen LogP contribution in [0.25, 0.3) is 0 Å². The fourth-order valence-electron chi connectivity index (χ4n) is 3.23. The molecule has 126 valence electrons. The number of nitrogens with one attached hydrogen (secondary N) is 1. The highest BCUT2D eigenvalue weighted by atomic mass is 79.9. The maximum Gasteiger partial charge on any atom is 0.146 e. The number of fused-ring (bicyclic) bond motifs is 2. The van der Waals surface area contributed by atoms with Gasteiger partial charge in [0.2, 0.25) is 0 Å². The molecule has 2 aliphatic rings. The molecule has 1 aromatic heterocycles. The van der Waals surface area contributed by atoms with Gasteiger partial charge in [-0.05, 0) is 31.5 Å². The molecular weight excluding hydrogens is 388 g/mol. The molecule has 1 N–H and O–H groups in total. The number of ether oxygens (including phenoxy) is 1. The van der Waals surface area contributed by atoms with Crippen LogP contribution in [0.1, 0.15) is 24.2 Å². The predicted octanol–water partition coefficient (Wildman–Crippen LogP) is 4.30. The number of benzene rings is 1. The van der Waals surface area contributed by atoms with E-state index in [4.69, 9.17) is 4.74 Å². The third kappa shape index (κ3) is 2.84. The van der Waals surface area contributed by atoms with Gasteiger partial charge in [0.05, 0.1) is 11.3 Å². The molecule has 0 radical (unpaired) electrons. The van der Waals surface area contributed by atoms with Gasteiger partial charge < -0.3 is 15.0 Å². The summed E-state index contributed by atoms with van der Waals surface area (Å²) in [5.74, 6) is 4.97. The number of thioether (sulfide) groups is 1. The van der Waals surface area contributed by atoms with Crippen LogP contribution in [0.3, 0.4) is 0 Å². The van der Waals surface area contributed by atoms with Gasteiger partial charge in [-0.3, -0.25) is 0 Å². The molecule has 1 unspecified atom stereocenters. The summed E-state index contributed by atoms with van der Waals surface area (Å²) in [6.07, 6.45) is 1.53. The van der Waals surface area contributed by atoms with Gasteiger partial charge in [-0.15, -0.1) is 0 Å². The van der Waals surface area contributed by atoms with Gasteiger partial charge in [-0.25, -0.2) is 9.97 Å². The van der Waals surface area contributed by atoms with E-state index in [1.807, 2.05) is 17.8 Å². The Morgan fingerprint density at radius 3 is 2.88 bits per heavy atom. The zero-order chi connectivity index (χ0) is 16.7. The summed E-state index contributed by atoms with van der Waals surface area (Å²) >= 11 is 5.55.